The number of likely N-dealkylation sites (N-methyl/N-ethyl adjacent to an activating group) is 1. The predicted octanol–water partition coefficient (Wildman–Crippen LogP) is 2.29. The van der Waals surface area contributed by atoms with Gasteiger partial charge in [-0.3, -0.25) is 4.79 Å². The summed E-state index contributed by atoms with van der Waals surface area (Å²) in [5.41, 5.74) is 1.49. The summed E-state index contributed by atoms with van der Waals surface area (Å²) in [6, 6.07) is 11.8. The maximum Gasteiger partial charge on any atom is 0.226 e. The third kappa shape index (κ3) is 4.46. The van der Waals surface area contributed by atoms with E-state index < -0.39 is 6.10 Å². The molecule has 2 N–H and O–H groups in total. The molecule has 6 heteroatoms. The minimum absolute atomic E-state index is 0.0997. The van der Waals surface area contributed by atoms with Gasteiger partial charge in [0.2, 0.25) is 5.91 Å². The fourth-order valence-corrected chi connectivity index (χ4v) is 2.79. The number of aromatic hydroxyl groups is 1. The van der Waals surface area contributed by atoms with Gasteiger partial charge in [-0.15, -0.1) is 0 Å². The van der Waals surface area contributed by atoms with E-state index in [9.17, 15) is 15.0 Å². The van der Waals surface area contributed by atoms with Crippen molar-refractivity contribution in [3.05, 3.63) is 53.6 Å². The Kier molecular flexibility index (Phi) is 5.63. The molecule has 0 bridgehead atoms. The largest absolute Gasteiger partial charge is 0.508 e. The molecule has 0 aromatic heterocycles. The second-order valence-electron chi connectivity index (χ2n) is 6.39. The van der Waals surface area contributed by atoms with E-state index in [2.05, 4.69) is 0 Å². The predicted molar refractivity (Wildman–Crippen MR) is 96.5 cm³/mol. The van der Waals surface area contributed by atoms with Gasteiger partial charge in [-0.2, -0.15) is 0 Å². The molecule has 1 unspecified atom stereocenters. The Labute approximate surface area is 152 Å². The summed E-state index contributed by atoms with van der Waals surface area (Å²) in [5.74, 6) is 1.41. The average Bonchev–Trinajstić information content (AvgIpc) is 2.87. The minimum Gasteiger partial charge on any atom is -0.508 e. The number of rotatable bonds is 5. The Morgan fingerprint density at radius 2 is 1.81 bits per heavy atom. The van der Waals surface area contributed by atoms with Crippen molar-refractivity contribution in [2.24, 2.45) is 0 Å². The molecular formula is C20H23NO5. The molecule has 0 radical (unpaired) electrons. The van der Waals surface area contributed by atoms with E-state index in [1.165, 1.54) is 17.0 Å². The van der Waals surface area contributed by atoms with E-state index in [0.717, 1.165) is 12.0 Å². The number of hydrogen-bond acceptors (Lipinski definition) is 5. The SMILES string of the molecule is CN(CC(O)c1ccc(O)cc1)C(=O)Cc1ccc2c(c1)OCCCO2. The van der Waals surface area contributed by atoms with Crippen LogP contribution in [-0.4, -0.2) is 47.8 Å². The Morgan fingerprint density at radius 3 is 2.54 bits per heavy atom. The number of nitrogens with zero attached hydrogens (tertiary/aromatic N) is 1. The summed E-state index contributed by atoms with van der Waals surface area (Å²) in [7, 11) is 1.66. The Bertz CT molecular complexity index is 759. The molecule has 3 rings (SSSR count). The standard InChI is InChI=1S/C20H23NO5/c1-21(13-17(23)15-4-6-16(22)7-5-15)20(24)12-14-3-8-18-19(11-14)26-10-2-9-25-18/h3-8,11,17,22-23H,2,9-10,12-13H2,1H3. The lowest BCUT2D eigenvalue weighted by Gasteiger charge is -2.21. The molecule has 1 heterocycles. The molecule has 0 saturated carbocycles. The van der Waals surface area contributed by atoms with Crippen molar-refractivity contribution >= 4 is 5.91 Å². The van der Waals surface area contributed by atoms with Gasteiger partial charge in [-0.1, -0.05) is 18.2 Å². The van der Waals surface area contributed by atoms with E-state index >= 15 is 0 Å². The maximum absolute atomic E-state index is 12.5. The van der Waals surface area contributed by atoms with E-state index in [1.54, 1.807) is 19.2 Å². The zero-order valence-electron chi connectivity index (χ0n) is 14.7. The highest BCUT2D eigenvalue weighted by molar-refractivity contribution is 5.78. The highest BCUT2D eigenvalue weighted by atomic mass is 16.5. The summed E-state index contributed by atoms with van der Waals surface area (Å²) in [6.45, 7) is 1.40. The third-order valence-corrected chi connectivity index (χ3v) is 4.32. The average molecular weight is 357 g/mol. The van der Waals surface area contributed by atoms with Crippen molar-refractivity contribution in [2.45, 2.75) is 18.9 Å². The van der Waals surface area contributed by atoms with Gasteiger partial charge in [0.05, 0.1) is 32.3 Å². The first-order valence-electron chi connectivity index (χ1n) is 8.62. The Morgan fingerprint density at radius 1 is 1.12 bits per heavy atom. The van der Waals surface area contributed by atoms with Gasteiger partial charge in [-0.05, 0) is 35.4 Å². The molecule has 138 valence electrons. The maximum atomic E-state index is 12.5. The van der Waals surface area contributed by atoms with Gasteiger partial charge in [0.1, 0.15) is 5.75 Å². The number of ether oxygens (including phenoxy) is 2. The van der Waals surface area contributed by atoms with E-state index in [-0.39, 0.29) is 24.6 Å². The number of aliphatic hydroxyl groups excluding tert-OH is 1. The minimum atomic E-state index is -0.812. The summed E-state index contributed by atoms with van der Waals surface area (Å²) in [4.78, 5) is 14.0. The van der Waals surface area contributed by atoms with Crippen LogP contribution < -0.4 is 9.47 Å². The van der Waals surface area contributed by atoms with Crippen LogP contribution in [0.15, 0.2) is 42.5 Å². The van der Waals surface area contributed by atoms with Gasteiger partial charge in [0, 0.05) is 13.5 Å². The van der Waals surface area contributed by atoms with Crippen LogP contribution in [-0.2, 0) is 11.2 Å². The number of fused-ring (bicyclic) bond motifs is 1. The number of phenolic OH excluding ortho intramolecular Hbond substituents is 1. The van der Waals surface area contributed by atoms with Crippen LogP contribution in [0, 0.1) is 0 Å². The topological polar surface area (TPSA) is 79.2 Å². The van der Waals surface area contributed by atoms with Crippen LogP contribution in [0.1, 0.15) is 23.7 Å². The van der Waals surface area contributed by atoms with Gasteiger partial charge < -0.3 is 24.6 Å². The third-order valence-electron chi connectivity index (χ3n) is 4.32. The summed E-state index contributed by atoms with van der Waals surface area (Å²) >= 11 is 0. The first kappa shape index (κ1) is 18.1. The number of aliphatic hydroxyl groups is 1. The van der Waals surface area contributed by atoms with Crippen LogP contribution in [0.5, 0.6) is 17.2 Å². The molecule has 1 atom stereocenters. The van der Waals surface area contributed by atoms with Gasteiger partial charge in [0.15, 0.2) is 11.5 Å². The normalized spacial score (nSPS) is 14.4. The molecule has 26 heavy (non-hydrogen) atoms. The molecule has 2 aromatic carbocycles. The molecule has 1 aliphatic heterocycles. The fourth-order valence-electron chi connectivity index (χ4n) is 2.79. The quantitative estimate of drug-likeness (QED) is 0.858. The van der Waals surface area contributed by atoms with Crippen LogP contribution >= 0.6 is 0 Å². The number of amides is 1. The number of carbonyl (C=O) groups is 1. The van der Waals surface area contributed by atoms with Crippen molar-refractivity contribution in [1.29, 1.82) is 0 Å². The highest BCUT2D eigenvalue weighted by Gasteiger charge is 2.17. The molecule has 1 amide bonds. The van der Waals surface area contributed by atoms with Gasteiger partial charge >= 0.3 is 0 Å². The molecule has 0 saturated heterocycles. The molecule has 1 aliphatic rings. The van der Waals surface area contributed by atoms with Crippen molar-refractivity contribution < 1.29 is 24.5 Å². The lowest BCUT2D eigenvalue weighted by atomic mass is 10.1. The van der Waals surface area contributed by atoms with Crippen LogP contribution in [0.25, 0.3) is 0 Å². The fraction of sp³-hybridized carbons (Fsp3) is 0.350. The summed E-state index contributed by atoms with van der Waals surface area (Å²) in [5, 5.41) is 19.6. The lowest BCUT2D eigenvalue weighted by molar-refractivity contribution is -0.130. The van der Waals surface area contributed by atoms with E-state index in [0.29, 0.717) is 30.3 Å². The molecule has 0 spiro atoms. The number of hydrogen-bond donors (Lipinski definition) is 2. The van der Waals surface area contributed by atoms with E-state index in [1.807, 2.05) is 18.2 Å². The van der Waals surface area contributed by atoms with E-state index in [4.69, 9.17) is 9.47 Å². The lowest BCUT2D eigenvalue weighted by Crippen LogP contribution is -2.32. The molecule has 6 nitrogen and oxygen atoms in total. The van der Waals surface area contributed by atoms with Crippen LogP contribution in [0.4, 0.5) is 0 Å². The second kappa shape index (κ2) is 8.10. The smallest absolute Gasteiger partial charge is 0.226 e. The van der Waals surface area contributed by atoms with Crippen molar-refractivity contribution in [2.75, 3.05) is 26.8 Å². The van der Waals surface area contributed by atoms with Crippen LogP contribution in [0.2, 0.25) is 0 Å². The first-order valence-corrected chi connectivity index (χ1v) is 8.62. The van der Waals surface area contributed by atoms with Crippen LogP contribution in [0.3, 0.4) is 0 Å². The zero-order chi connectivity index (χ0) is 18.5. The van der Waals surface area contributed by atoms with Gasteiger partial charge in [-0.25, -0.2) is 0 Å². The highest BCUT2D eigenvalue weighted by Crippen LogP contribution is 2.30. The first-order chi connectivity index (χ1) is 12.5. The summed E-state index contributed by atoms with van der Waals surface area (Å²) < 4.78 is 11.2. The molecule has 0 fully saturated rings. The molecular weight excluding hydrogens is 334 g/mol. The molecule has 2 aromatic rings. The van der Waals surface area contributed by atoms with Crippen molar-refractivity contribution in [3.8, 4) is 17.2 Å². The monoisotopic (exact) mass is 357 g/mol. The van der Waals surface area contributed by atoms with Crippen molar-refractivity contribution in [3.63, 3.8) is 0 Å². The Balaban J connectivity index is 1.60. The number of benzene rings is 2. The van der Waals surface area contributed by atoms with Gasteiger partial charge in [0.25, 0.3) is 0 Å². The number of carbonyl (C=O) groups excluding carboxylic acids is 1. The number of phenols is 1. The summed E-state index contributed by atoms with van der Waals surface area (Å²) in [6.07, 6.45) is 0.240. The zero-order valence-corrected chi connectivity index (χ0v) is 14.7. The Hall–Kier alpha value is -2.73. The van der Waals surface area contributed by atoms with Crippen molar-refractivity contribution in [1.82, 2.24) is 4.90 Å². The molecule has 0 aliphatic carbocycles. The second-order valence-corrected chi connectivity index (χ2v) is 6.39.